The molecule has 1 heterocycles. The van der Waals surface area contributed by atoms with E-state index in [1.54, 1.807) is 12.1 Å². The van der Waals surface area contributed by atoms with Gasteiger partial charge in [0.05, 0.1) is 11.0 Å². The second kappa shape index (κ2) is 7.03. The highest BCUT2D eigenvalue weighted by Gasteiger charge is 2.32. The Labute approximate surface area is 157 Å². The van der Waals surface area contributed by atoms with Crippen LogP contribution in [0.5, 0.6) is 0 Å². The first-order valence-electron chi connectivity index (χ1n) is 8.83. The molecule has 0 N–H and O–H groups in total. The third kappa shape index (κ3) is 3.19. The fourth-order valence-electron chi connectivity index (χ4n) is 3.70. The molecule has 0 bridgehead atoms. The topological polar surface area (TPSA) is 63.4 Å². The number of carbonyl (C=O) groups is 1. The van der Waals surface area contributed by atoms with Gasteiger partial charge in [0.1, 0.15) is 0 Å². The predicted octanol–water partition coefficient (Wildman–Crippen LogP) is 4.38. The zero-order valence-corrected chi connectivity index (χ0v) is 14.6. The molecule has 5 heteroatoms. The fourth-order valence-corrected chi connectivity index (χ4v) is 3.70. The minimum Gasteiger partial charge on any atom is -0.327 e. The number of hydrogen-bond acceptors (Lipinski definition) is 3. The number of rotatable bonds is 3. The average Bonchev–Trinajstić information content (AvgIpc) is 2.73. The van der Waals surface area contributed by atoms with Crippen molar-refractivity contribution in [3.63, 3.8) is 0 Å². The minimum atomic E-state index is -0.475. The number of non-ortho nitro benzene ring substituents is 1. The van der Waals surface area contributed by atoms with E-state index in [4.69, 9.17) is 0 Å². The van der Waals surface area contributed by atoms with Gasteiger partial charge in [-0.2, -0.15) is 0 Å². The lowest BCUT2D eigenvalue weighted by Crippen LogP contribution is -2.40. The van der Waals surface area contributed by atoms with Crippen molar-refractivity contribution in [2.24, 2.45) is 0 Å². The number of nitrogens with zero attached hydrogens (tertiary/aromatic N) is 2. The molecule has 0 aliphatic carbocycles. The standard InChI is InChI=1S/C22H18N2O3/c25-22(18-10-6-11-19(15-18)24(26)27)23-14-13-16-7-4-5-12-20(16)21(23)17-8-2-1-3-9-17/h1-12,15,21H,13-14H2. The first kappa shape index (κ1) is 17.0. The first-order valence-corrected chi connectivity index (χ1v) is 8.83. The Morgan fingerprint density at radius 1 is 0.963 bits per heavy atom. The molecule has 0 aromatic heterocycles. The van der Waals surface area contributed by atoms with E-state index in [2.05, 4.69) is 12.1 Å². The van der Waals surface area contributed by atoms with E-state index in [9.17, 15) is 14.9 Å². The lowest BCUT2D eigenvalue weighted by atomic mass is 9.87. The van der Waals surface area contributed by atoms with Gasteiger partial charge in [-0.15, -0.1) is 0 Å². The van der Waals surface area contributed by atoms with E-state index >= 15 is 0 Å². The predicted molar refractivity (Wildman–Crippen MR) is 103 cm³/mol. The summed E-state index contributed by atoms with van der Waals surface area (Å²) in [5.41, 5.74) is 3.63. The van der Waals surface area contributed by atoms with E-state index < -0.39 is 4.92 Å². The van der Waals surface area contributed by atoms with E-state index in [1.807, 2.05) is 47.4 Å². The Morgan fingerprint density at radius 2 is 1.70 bits per heavy atom. The van der Waals surface area contributed by atoms with Crippen LogP contribution < -0.4 is 0 Å². The lowest BCUT2D eigenvalue weighted by molar-refractivity contribution is -0.384. The van der Waals surface area contributed by atoms with E-state index in [-0.39, 0.29) is 17.6 Å². The Morgan fingerprint density at radius 3 is 2.48 bits per heavy atom. The quantitative estimate of drug-likeness (QED) is 0.515. The van der Waals surface area contributed by atoms with Crippen molar-refractivity contribution in [1.29, 1.82) is 0 Å². The van der Waals surface area contributed by atoms with Gasteiger partial charge in [-0.25, -0.2) is 0 Å². The lowest BCUT2D eigenvalue weighted by Gasteiger charge is -2.38. The van der Waals surface area contributed by atoms with Gasteiger partial charge < -0.3 is 4.90 Å². The van der Waals surface area contributed by atoms with E-state index in [0.717, 1.165) is 17.5 Å². The molecule has 0 spiro atoms. The van der Waals surface area contributed by atoms with Crippen molar-refractivity contribution in [3.05, 3.63) is 111 Å². The van der Waals surface area contributed by atoms with Crippen molar-refractivity contribution < 1.29 is 9.72 Å². The molecule has 4 rings (SSSR count). The third-order valence-electron chi connectivity index (χ3n) is 4.96. The highest BCUT2D eigenvalue weighted by atomic mass is 16.6. The molecule has 1 unspecified atom stereocenters. The SMILES string of the molecule is O=C(c1cccc([N+](=O)[O-])c1)N1CCc2ccccc2C1c1ccccc1. The number of nitro groups is 1. The zero-order valence-electron chi connectivity index (χ0n) is 14.6. The molecule has 1 atom stereocenters. The van der Waals surface area contributed by atoms with Crippen molar-refractivity contribution in [3.8, 4) is 0 Å². The normalized spacial score (nSPS) is 15.9. The summed E-state index contributed by atoms with van der Waals surface area (Å²) in [5.74, 6) is -0.193. The summed E-state index contributed by atoms with van der Waals surface area (Å²) in [6.45, 7) is 0.568. The van der Waals surface area contributed by atoms with Crippen LogP contribution in [0.3, 0.4) is 0 Å². The van der Waals surface area contributed by atoms with Crippen molar-refractivity contribution >= 4 is 11.6 Å². The number of nitro benzene ring substituents is 1. The summed E-state index contributed by atoms with van der Waals surface area (Å²) in [7, 11) is 0. The second-order valence-corrected chi connectivity index (χ2v) is 6.57. The first-order chi connectivity index (χ1) is 13.1. The summed E-state index contributed by atoms with van der Waals surface area (Å²) in [5, 5.41) is 11.1. The third-order valence-corrected chi connectivity index (χ3v) is 4.96. The van der Waals surface area contributed by atoms with E-state index in [0.29, 0.717) is 12.1 Å². The molecule has 3 aromatic carbocycles. The highest BCUT2D eigenvalue weighted by Crippen LogP contribution is 2.36. The molecule has 134 valence electrons. The van der Waals surface area contributed by atoms with Gasteiger partial charge in [0.2, 0.25) is 0 Å². The van der Waals surface area contributed by atoms with Gasteiger partial charge in [0.25, 0.3) is 11.6 Å². The molecule has 27 heavy (non-hydrogen) atoms. The maximum atomic E-state index is 13.3. The molecule has 0 radical (unpaired) electrons. The smallest absolute Gasteiger partial charge is 0.270 e. The van der Waals surface area contributed by atoms with Gasteiger partial charge >= 0.3 is 0 Å². The summed E-state index contributed by atoms with van der Waals surface area (Å²) >= 11 is 0. The Kier molecular flexibility index (Phi) is 4.42. The van der Waals surface area contributed by atoms with Crippen LogP contribution in [0.4, 0.5) is 5.69 Å². The molecule has 0 saturated carbocycles. The van der Waals surface area contributed by atoms with Crippen molar-refractivity contribution in [2.45, 2.75) is 12.5 Å². The second-order valence-electron chi connectivity index (χ2n) is 6.57. The van der Waals surface area contributed by atoms with Crippen LogP contribution >= 0.6 is 0 Å². The number of amides is 1. The average molecular weight is 358 g/mol. The summed E-state index contributed by atoms with van der Waals surface area (Å²) in [6, 6.07) is 23.8. The zero-order chi connectivity index (χ0) is 18.8. The monoisotopic (exact) mass is 358 g/mol. The largest absolute Gasteiger partial charge is 0.327 e. The summed E-state index contributed by atoms with van der Waals surface area (Å²) < 4.78 is 0. The molecular formula is C22H18N2O3. The number of fused-ring (bicyclic) bond motifs is 1. The molecule has 5 nitrogen and oxygen atoms in total. The molecule has 0 fully saturated rings. The Hall–Kier alpha value is -3.47. The van der Waals surface area contributed by atoms with Gasteiger partial charge in [-0.1, -0.05) is 60.7 Å². The van der Waals surface area contributed by atoms with Gasteiger partial charge in [-0.05, 0) is 29.2 Å². The maximum Gasteiger partial charge on any atom is 0.270 e. The van der Waals surface area contributed by atoms with E-state index in [1.165, 1.54) is 17.7 Å². The Bertz CT molecular complexity index is 1000. The van der Waals surface area contributed by atoms with Gasteiger partial charge in [-0.3, -0.25) is 14.9 Å². The fraction of sp³-hybridized carbons (Fsp3) is 0.136. The van der Waals surface area contributed by atoms with Crippen molar-refractivity contribution in [1.82, 2.24) is 4.90 Å². The van der Waals surface area contributed by atoms with Gasteiger partial charge in [0, 0.05) is 24.2 Å². The molecule has 3 aromatic rings. The maximum absolute atomic E-state index is 13.3. The van der Waals surface area contributed by atoms with Crippen LogP contribution in [0.25, 0.3) is 0 Å². The van der Waals surface area contributed by atoms with Crippen LogP contribution in [-0.4, -0.2) is 22.3 Å². The van der Waals surface area contributed by atoms with Crippen LogP contribution in [0.15, 0.2) is 78.9 Å². The molecular weight excluding hydrogens is 340 g/mol. The van der Waals surface area contributed by atoms with Crippen LogP contribution in [0, 0.1) is 10.1 Å². The summed E-state index contributed by atoms with van der Waals surface area (Å²) in [4.78, 5) is 25.7. The number of carbonyl (C=O) groups excluding carboxylic acids is 1. The molecule has 1 amide bonds. The highest BCUT2D eigenvalue weighted by molar-refractivity contribution is 5.95. The van der Waals surface area contributed by atoms with Crippen LogP contribution in [0.2, 0.25) is 0 Å². The molecule has 0 saturated heterocycles. The minimum absolute atomic E-state index is 0.0745. The summed E-state index contributed by atoms with van der Waals surface area (Å²) in [6.07, 6.45) is 0.764. The van der Waals surface area contributed by atoms with Gasteiger partial charge in [0.15, 0.2) is 0 Å². The molecule has 1 aliphatic heterocycles. The van der Waals surface area contributed by atoms with Crippen LogP contribution in [0.1, 0.15) is 33.1 Å². The van der Waals surface area contributed by atoms with Crippen molar-refractivity contribution in [2.75, 3.05) is 6.54 Å². The van der Waals surface area contributed by atoms with Crippen LogP contribution in [-0.2, 0) is 6.42 Å². The Balaban J connectivity index is 1.78. The number of benzene rings is 3. The number of hydrogen-bond donors (Lipinski definition) is 0. The molecule has 1 aliphatic rings.